The van der Waals surface area contributed by atoms with Gasteiger partial charge in [0.15, 0.2) is 0 Å². The van der Waals surface area contributed by atoms with Crippen LogP contribution in [0, 0.1) is 0 Å². The van der Waals surface area contributed by atoms with Gasteiger partial charge in [-0.3, -0.25) is 9.69 Å². The van der Waals surface area contributed by atoms with Crippen LogP contribution in [0.15, 0.2) is 54.6 Å². The van der Waals surface area contributed by atoms with Gasteiger partial charge in [-0.2, -0.15) is 8.78 Å². The lowest BCUT2D eigenvalue weighted by Crippen LogP contribution is -2.41. The fraction of sp³-hybridized carbons (Fsp3) is 0.316. The summed E-state index contributed by atoms with van der Waals surface area (Å²) in [6, 6.07) is 15.5. The quantitative estimate of drug-likeness (QED) is 0.780. The maximum absolute atomic E-state index is 12.5. The van der Waals surface area contributed by atoms with Crippen molar-refractivity contribution >= 4 is 11.6 Å². The summed E-state index contributed by atoms with van der Waals surface area (Å²) in [5.41, 5.74) is 1.67. The molecule has 134 valence electrons. The van der Waals surface area contributed by atoms with E-state index in [-0.39, 0.29) is 17.7 Å². The SMILES string of the molecule is CCN(Cc1ccccc1)C(C)C(=O)Nc1ccc(OC(F)F)cc1. The Morgan fingerprint density at radius 3 is 2.32 bits per heavy atom. The average Bonchev–Trinajstić information content (AvgIpc) is 2.61. The largest absolute Gasteiger partial charge is 0.435 e. The molecule has 1 N–H and O–H groups in total. The van der Waals surface area contributed by atoms with Crippen molar-refractivity contribution in [3.05, 3.63) is 60.2 Å². The topological polar surface area (TPSA) is 41.6 Å². The van der Waals surface area contributed by atoms with E-state index in [1.807, 2.05) is 44.2 Å². The molecule has 1 unspecified atom stereocenters. The Bertz CT molecular complexity index is 663. The minimum atomic E-state index is -2.86. The highest BCUT2D eigenvalue weighted by Crippen LogP contribution is 2.18. The van der Waals surface area contributed by atoms with Gasteiger partial charge in [0.1, 0.15) is 5.75 Å². The number of rotatable bonds is 8. The van der Waals surface area contributed by atoms with Crippen molar-refractivity contribution in [3.8, 4) is 5.75 Å². The number of nitrogens with zero attached hydrogens (tertiary/aromatic N) is 1. The first kappa shape index (κ1) is 18.9. The molecule has 1 amide bonds. The Morgan fingerprint density at radius 1 is 1.12 bits per heavy atom. The van der Waals surface area contributed by atoms with E-state index in [0.29, 0.717) is 12.2 Å². The molecule has 0 fully saturated rings. The van der Waals surface area contributed by atoms with Crippen LogP contribution in [-0.4, -0.2) is 30.0 Å². The van der Waals surface area contributed by atoms with Crippen molar-refractivity contribution in [2.75, 3.05) is 11.9 Å². The number of hydrogen-bond donors (Lipinski definition) is 1. The van der Waals surface area contributed by atoms with E-state index in [4.69, 9.17) is 0 Å². The number of benzene rings is 2. The number of anilines is 1. The standard InChI is InChI=1S/C19H22F2N2O2/c1-3-23(13-15-7-5-4-6-8-15)14(2)18(24)22-16-9-11-17(12-10-16)25-19(20)21/h4-12,14,19H,3,13H2,1-2H3,(H,22,24). The molecule has 0 saturated heterocycles. The number of halogens is 2. The smallest absolute Gasteiger partial charge is 0.387 e. The van der Waals surface area contributed by atoms with Gasteiger partial charge in [0, 0.05) is 12.2 Å². The van der Waals surface area contributed by atoms with E-state index in [2.05, 4.69) is 15.0 Å². The molecule has 1 atom stereocenters. The fourth-order valence-electron chi connectivity index (χ4n) is 2.47. The van der Waals surface area contributed by atoms with Gasteiger partial charge < -0.3 is 10.1 Å². The number of nitrogens with one attached hydrogen (secondary N) is 1. The molecular weight excluding hydrogens is 326 g/mol. The molecule has 0 aliphatic rings. The number of carbonyl (C=O) groups excluding carboxylic acids is 1. The van der Waals surface area contributed by atoms with Crippen molar-refractivity contribution in [2.45, 2.75) is 33.0 Å². The summed E-state index contributed by atoms with van der Waals surface area (Å²) in [7, 11) is 0. The van der Waals surface area contributed by atoms with Crippen LogP contribution in [-0.2, 0) is 11.3 Å². The van der Waals surface area contributed by atoms with E-state index in [9.17, 15) is 13.6 Å². The van der Waals surface area contributed by atoms with E-state index in [1.54, 1.807) is 0 Å². The summed E-state index contributed by atoms with van der Waals surface area (Å²) < 4.78 is 28.6. The number of hydrogen-bond acceptors (Lipinski definition) is 3. The van der Waals surface area contributed by atoms with Crippen LogP contribution >= 0.6 is 0 Å². The van der Waals surface area contributed by atoms with Gasteiger partial charge in [-0.25, -0.2) is 0 Å². The molecule has 0 radical (unpaired) electrons. The van der Waals surface area contributed by atoms with Gasteiger partial charge in [0.25, 0.3) is 0 Å². The fourth-order valence-corrected chi connectivity index (χ4v) is 2.47. The first-order chi connectivity index (χ1) is 12.0. The second-order valence-corrected chi connectivity index (χ2v) is 5.62. The van der Waals surface area contributed by atoms with Gasteiger partial charge in [-0.15, -0.1) is 0 Å². The zero-order chi connectivity index (χ0) is 18.2. The lowest BCUT2D eigenvalue weighted by Gasteiger charge is -2.27. The third-order valence-corrected chi connectivity index (χ3v) is 3.91. The van der Waals surface area contributed by atoms with E-state index in [1.165, 1.54) is 24.3 Å². The average molecular weight is 348 g/mol. The van der Waals surface area contributed by atoms with Crippen LogP contribution in [0.3, 0.4) is 0 Å². The number of likely N-dealkylation sites (N-methyl/N-ethyl adjacent to an activating group) is 1. The van der Waals surface area contributed by atoms with Crippen molar-refractivity contribution in [2.24, 2.45) is 0 Å². The van der Waals surface area contributed by atoms with Crippen molar-refractivity contribution in [3.63, 3.8) is 0 Å². The van der Waals surface area contributed by atoms with Gasteiger partial charge in [-0.05, 0) is 43.3 Å². The van der Waals surface area contributed by atoms with Gasteiger partial charge >= 0.3 is 6.61 Å². The zero-order valence-corrected chi connectivity index (χ0v) is 14.3. The second-order valence-electron chi connectivity index (χ2n) is 5.62. The first-order valence-corrected chi connectivity index (χ1v) is 8.13. The van der Waals surface area contributed by atoms with Crippen LogP contribution in [0.4, 0.5) is 14.5 Å². The third-order valence-electron chi connectivity index (χ3n) is 3.91. The van der Waals surface area contributed by atoms with E-state index >= 15 is 0 Å². The zero-order valence-electron chi connectivity index (χ0n) is 14.3. The highest BCUT2D eigenvalue weighted by atomic mass is 19.3. The first-order valence-electron chi connectivity index (χ1n) is 8.13. The molecule has 2 rings (SSSR count). The number of carbonyl (C=O) groups is 1. The monoisotopic (exact) mass is 348 g/mol. The summed E-state index contributed by atoms with van der Waals surface area (Å²) in [5.74, 6) is -0.0966. The Morgan fingerprint density at radius 2 is 1.76 bits per heavy atom. The van der Waals surface area contributed by atoms with Crippen LogP contribution < -0.4 is 10.1 Å². The van der Waals surface area contributed by atoms with Gasteiger partial charge in [0.2, 0.25) is 5.91 Å². The molecule has 0 heterocycles. The predicted octanol–water partition coefficient (Wildman–Crippen LogP) is 4.14. The van der Waals surface area contributed by atoms with Gasteiger partial charge in [-0.1, -0.05) is 37.3 Å². The molecule has 0 bridgehead atoms. The van der Waals surface area contributed by atoms with Crippen LogP contribution in [0.25, 0.3) is 0 Å². The molecule has 0 aromatic heterocycles. The predicted molar refractivity (Wildman–Crippen MR) is 93.7 cm³/mol. The molecule has 2 aromatic carbocycles. The van der Waals surface area contributed by atoms with E-state index in [0.717, 1.165) is 12.1 Å². The lowest BCUT2D eigenvalue weighted by atomic mass is 10.1. The van der Waals surface area contributed by atoms with Crippen molar-refractivity contribution in [1.29, 1.82) is 0 Å². The van der Waals surface area contributed by atoms with E-state index < -0.39 is 6.61 Å². The molecule has 25 heavy (non-hydrogen) atoms. The van der Waals surface area contributed by atoms with Crippen molar-refractivity contribution < 1.29 is 18.3 Å². The highest BCUT2D eigenvalue weighted by molar-refractivity contribution is 5.94. The molecule has 6 heteroatoms. The third kappa shape index (κ3) is 5.83. The molecule has 0 aliphatic carbocycles. The summed E-state index contributed by atoms with van der Waals surface area (Å²) in [5, 5.41) is 2.80. The molecule has 0 aliphatic heterocycles. The maximum Gasteiger partial charge on any atom is 0.387 e. The van der Waals surface area contributed by atoms with Crippen LogP contribution in [0.2, 0.25) is 0 Å². The Kier molecular flexibility index (Phi) is 6.89. The number of alkyl halides is 2. The second kappa shape index (κ2) is 9.13. The summed E-state index contributed by atoms with van der Waals surface area (Å²) >= 11 is 0. The van der Waals surface area contributed by atoms with Crippen LogP contribution in [0.5, 0.6) is 5.75 Å². The normalized spacial score (nSPS) is 12.2. The van der Waals surface area contributed by atoms with Crippen molar-refractivity contribution in [1.82, 2.24) is 4.90 Å². The Hall–Kier alpha value is -2.47. The molecule has 4 nitrogen and oxygen atoms in total. The summed E-state index contributed by atoms with van der Waals surface area (Å²) in [6.45, 7) is 2.38. The molecule has 2 aromatic rings. The summed E-state index contributed by atoms with van der Waals surface area (Å²) in [6.07, 6.45) is 0. The minimum Gasteiger partial charge on any atom is -0.435 e. The Balaban J connectivity index is 1.96. The summed E-state index contributed by atoms with van der Waals surface area (Å²) in [4.78, 5) is 14.5. The molecule has 0 saturated carbocycles. The highest BCUT2D eigenvalue weighted by Gasteiger charge is 2.20. The van der Waals surface area contributed by atoms with Gasteiger partial charge in [0.05, 0.1) is 6.04 Å². The molecular formula is C19H22F2N2O2. The lowest BCUT2D eigenvalue weighted by molar-refractivity contribution is -0.120. The number of ether oxygens (including phenoxy) is 1. The number of amides is 1. The molecule has 0 spiro atoms. The van der Waals surface area contributed by atoms with Crippen LogP contribution in [0.1, 0.15) is 19.4 Å². The minimum absolute atomic E-state index is 0.0558. The Labute approximate surface area is 146 Å². The maximum atomic E-state index is 12.5.